The topological polar surface area (TPSA) is 38.3 Å². The Labute approximate surface area is 134 Å². The fourth-order valence-electron chi connectivity index (χ4n) is 2.89. The van der Waals surface area contributed by atoms with Gasteiger partial charge in [0.2, 0.25) is 0 Å². The molecule has 0 saturated heterocycles. The van der Waals surface area contributed by atoms with E-state index < -0.39 is 5.60 Å². The Bertz CT molecular complexity index is 474. The quantitative estimate of drug-likeness (QED) is 0.776. The van der Waals surface area contributed by atoms with Crippen LogP contribution < -0.4 is 5.32 Å². The highest BCUT2D eigenvalue weighted by molar-refractivity contribution is 5.70. The molecule has 2 atom stereocenters. The minimum atomic E-state index is -0.399. The fraction of sp³-hybridized carbons (Fsp3) is 0.632. The van der Waals surface area contributed by atoms with E-state index in [-0.39, 0.29) is 5.97 Å². The van der Waals surface area contributed by atoms with Crippen LogP contribution in [0.4, 0.5) is 0 Å². The molecule has 0 aromatic heterocycles. The Morgan fingerprint density at radius 3 is 2.45 bits per heavy atom. The van der Waals surface area contributed by atoms with Crippen molar-refractivity contribution in [2.24, 2.45) is 11.8 Å². The van der Waals surface area contributed by atoms with Crippen molar-refractivity contribution >= 4 is 5.97 Å². The van der Waals surface area contributed by atoms with E-state index in [1.807, 2.05) is 26.8 Å². The Balaban J connectivity index is 1.86. The van der Waals surface area contributed by atoms with E-state index in [9.17, 15) is 4.79 Å². The first kappa shape index (κ1) is 17.0. The third-order valence-electron chi connectivity index (χ3n) is 4.04. The van der Waals surface area contributed by atoms with Crippen molar-refractivity contribution in [1.82, 2.24) is 5.32 Å². The molecule has 1 aromatic rings. The van der Waals surface area contributed by atoms with E-state index in [1.165, 1.54) is 18.4 Å². The zero-order chi connectivity index (χ0) is 16.2. The van der Waals surface area contributed by atoms with Crippen molar-refractivity contribution in [3.63, 3.8) is 0 Å². The maximum atomic E-state index is 12.0. The molecule has 1 unspecified atom stereocenters. The molecule has 1 N–H and O–H groups in total. The van der Waals surface area contributed by atoms with E-state index in [4.69, 9.17) is 4.74 Å². The van der Waals surface area contributed by atoms with Gasteiger partial charge >= 0.3 is 5.97 Å². The summed E-state index contributed by atoms with van der Waals surface area (Å²) >= 11 is 0. The van der Waals surface area contributed by atoms with E-state index >= 15 is 0 Å². The van der Waals surface area contributed by atoms with E-state index in [1.54, 1.807) is 0 Å². The number of carbonyl (C=O) groups is 1. The number of rotatable bonds is 7. The number of nitrogens with one attached hydrogen (secondary N) is 1. The second-order valence-corrected chi connectivity index (χ2v) is 7.50. The molecule has 122 valence electrons. The average Bonchev–Trinajstić information content (AvgIpc) is 3.22. The molecule has 3 nitrogen and oxygen atoms in total. The number of benzene rings is 1. The molecule has 1 fully saturated rings. The Hall–Kier alpha value is -1.35. The van der Waals surface area contributed by atoms with E-state index in [0.717, 1.165) is 6.54 Å². The molecule has 1 saturated carbocycles. The minimum absolute atomic E-state index is 0.0906. The van der Waals surface area contributed by atoms with Gasteiger partial charge in [-0.1, -0.05) is 37.3 Å². The molecule has 1 aromatic carbocycles. The number of ether oxygens (including phenoxy) is 1. The molecule has 22 heavy (non-hydrogen) atoms. The largest absolute Gasteiger partial charge is 0.460 e. The van der Waals surface area contributed by atoms with Gasteiger partial charge in [0.15, 0.2) is 0 Å². The van der Waals surface area contributed by atoms with Gasteiger partial charge in [0, 0.05) is 19.0 Å². The summed E-state index contributed by atoms with van der Waals surface area (Å²) in [5.41, 5.74) is 0.890. The maximum Gasteiger partial charge on any atom is 0.306 e. The fourth-order valence-corrected chi connectivity index (χ4v) is 2.89. The zero-order valence-electron chi connectivity index (χ0n) is 14.3. The zero-order valence-corrected chi connectivity index (χ0v) is 14.3. The first-order chi connectivity index (χ1) is 10.3. The summed E-state index contributed by atoms with van der Waals surface area (Å²) in [6, 6.07) is 10.8. The summed E-state index contributed by atoms with van der Waals surface area (Å²) in [5, 5.41) is 3.66. The molecular formula is C19H29NO2. The third-order valence-corrected chi connectivity index (χ3v) is 4.04. The van der Waals surface area contributed by atoms with Crippen LogP contribution in [-0.2, 0) is 16.1 Å². The highest BCUT2D eigenvalue weighted by Crippen LogP contribution is 2.37. The van der Waals surface area contributed by atoms with Gasteiger partial charge in [0.1, 0.15) is 5.60 Å². The van der Waals surface area contributed by atoms with Gasteiger partial charge in [-0.2, -0.15) is 0 Å². The van der Waals surface area contributed by atoms with Gasteiger partial charge < -0.3 is 10.1 Å². The van der Waals surface area contributed by atoms with Crippen LogP contribution in [0, 0.1) is 11.8 Å². The predicted molar refractivity (Wildman–Crippen MR) is 89.4 cm³/mol. The van der Waals surface area contributed by atoms with Crippen molar-refractivity contribution in [3.8, 4) is 0 Å². The van der Waals surface area contributed by atoms with E-state index in [0.29, 0.717) is 24.3 Å². The van der Waals surface area contributed by atoms with Crippen LogP contribution in [0.1, 0.15) is 52.5 Å². The second kappa shape index (κ2) is 7.28. The van der Waals surface area contributed by atoms with Gasteiger partial charge in [-0.25, -0.2) is 0 Å². The minimum Gasteiger partial charge on any atom is -0.460 e. The molecule has 0 bridgehead atoms. The number of hydrogen-bond acceptors (Lipinski definition) is 3. The number of hydrogen-bond donors (Lipinski definition) is 1. The highest BCUT2D eigenvalue weighted by atomic mass is 16.6. The second-order valence-electron chi connectivity index (χ2n) is 7.50. The Morgan fingerprint density at radius 2 is 1.91 bits per heavy atom. The van der Waals surface area contributed by atoms with Crippen LogP contribution in [0.25, 0.3) is 0 Å². The van der Waals surface area contributed by atoms with Crippen LogP contribution in [0.15, 0.2) is 30.3 Å². The molecule has 1 aliphatic carbocycles. The lowest BCUT2D eigenvalue weighted by Gasteiger charge is -2.26. The molecular weight excluding hydrogens is 274 g/mol. The molecule has 0 radical (unpaired) electrons. The first-order valence-electron chi connectivity index (χ1n) is 8.34. The first-order valence-corrected chi connectivity index (χ1v) is 8.34. The smallest absolute Gasteiger partial charge is 0.306 e. The highest BCUT2D eigenvalue weighted by Gasteiger charge is 2.35. The van der Waals surface area contributed by atoms with Gasteiger partial charge in [0.25, 0.3) is 0 Å². The molecule has 0 aliphatic heterocycles. The normalized spacial score (nSPS) is 17.8. The van der Waals surface area contributed by atoms with Crippen LogP contribution in [0.3, 0.4) is 0 Å². The lowest BCUT2D eigenvalue weighted by molar-refractivity contribution is -0.156. The standard InChI is InChI=1S/C19H29NO2/c1-14(12-17(21)22-19(2,3)4)18(16-10-11-16)20-13-15-8-6-5-7-9-15/h5-9,14,16,18,20H,10-13H2,1-4H3/t14-,18?/m0/s1. The lowest BCUT2D eigenvalue weighted by atomic mass is 9.94. The maximum absolute atomic E-state index is 12.0. The summed E-state index contributed by atoms with van der Waals surface area (Å²) in [6.45, 7) is 8.77. The van der Waals surface area contributed by atoms with Gasteiger partial charge in [-0.15, -0.1) is 0 Å². The van der Waals surface area contributed by atoms with Crippen molar-refractivity contribution in [1.29, 1.82) is 0 Å². The summed E-state index contributed by atoms with van der Waals surface area (Å²) in [4.78, 5) is 12.0. The molecule has 0 amide bonds. The lowest BCUT2D eigenvalue weighted by Crippen LogP contribution is -2.38. The summed E-state index contributed by atoms with van der Waals surface area (Å²) < 4.78 is 5.45. The Kier molecular flexibility index (Phi) is 5.63. The summed E-state index contributed by atoms with van der Waals surface area (Å²) in [6.07, 6.45) is 3.02. The predicted octanol–water partition coefficient (Wildman–Crippen LogP) is 3.92. The summed E-state index contributed by atoms with van der Waals surface area (Å²) in [7, 11) is 0. The monoisotopic (exact) mass is 303 g/mol. The van der Waals surface area contributed by atoms with Crippen molar-refractivity contribution in [3.05, 3.63) is 35.9 Å². The van der Waals surface area contributed by atoms with Crippen LogP contribution >= 0.6 is 0 Å². The van der Waals surface area contributed by atoms with Crippen LogP contribution in [-0.4, -0.2) is 17.6 Å². The Morgan fingerprint density at radius 1 is 1.27 bits per heavy atom. The molecule has 2 rings (SSSR count). The van der Waals surface area contributed by atoms with Gasteiger partial charge in [0.05, 0.1) is 0 Å². The van der Waals surface area contributed by atoms with Crippen LogP contribution in [0.2, 0.25) is 0 Å². The van der Waals surface area contributed by atoms with E-state index in [2.05, 4.69) is 36.5 Å². The van der Waals surface area contributed by atoms with Gasteiger partial charge in [-0.3, -0.25) is 4.79 Å². The molecule has 1 aliphatic rings. The SMILES string of the molecule is C[C@@H](CC(=O)OC(C)(C)C)C(NCc1ccccc1)C1CC1. The molecule has 3 heteroatoms. The average molecular weight is 303 g/mol. The third kappa shape index (κ3) is 5.80. The summed E-state index contributed by atoms with van der Waals surface area (Å²) in [5.74, 6) is 0.916. The molecule has 0 heterocycles. The van der Waals surface area contributed by atoms with Crippen molar-refractivity contribution in [2.75, 3.05) is 0 Å². The van der Waals surface area contributed by atoms with Crippen LogP contribution in [0.5, 0.6) is 0 Å². The molecule has 0 spiro atoms. The van der Waals surface area contributed by atoms with Crippen molar-refractivity contribution < 1.29 is 9.53 Å². The number of esters is 1. The van der Waals surface area contributed by atoms with Gasteiger partial charge in [-0.05, 0) is 51.0 Å². The van der Waals surface area contributed by atoms with Crippen molar-refractivity contribution in [2.45, 2.75) is 65.1 Å². The number of carbonyl (C=O) groups excluding carboxylic acids is 1.